The van der Waals surface area contributed by atoms with Crippen LogP contribution in [0.2, 0.25) is 0 Å². The van der Waals surface area contributed by atoms with Crippen LogP contribution in [0.3, 0.4) is 0 Å². The van der Waals surface area contributed by atoms with Gasteiger partial charge in [0, 0.05) is 0 Å². The van der Waals surface area contributed by atoms with Gasteiger partial charge in [0.05, 0.1) is 0 Å². The highest BCUT2D eigenvalue weighted by atomic mass is 14.2. The van der Waals surface area contributed by atoms with Crippen LogP contribution < -0.4 is 0 Å². The van der Waals surface area contributed by atoms with Gasteiger partial charge in [0.2, 0.25) is 0 Å². The van der Waals surface area contributed by atoms with Gasteiger partial charge in [-0.15, -0.1) is 0 Å². The molecule has 0 radical (unpaired) electrons. The van der Waals surface area contributed by atoms with Gasteiger partial charge in [-0.1, -0.05) is 116 Å². The number of rotatable bonds is 6. The summed E-state index contributed by atoms with van der Waals surface area (Å²) in [5.41, 5.74) is 7.94. The molecule has 0 heterocycles. The molecule has 0 N–H and O–H groups in total. The van der Waals surface area contributed by atoms with Gasteiger partial charge in [0.25, 0.3) is 0 Å². The lowest BCUT2D eigenvalue weighted by Gasteiger charge is -2.16. The van der Waals surface area contributed by atoms with E-state index in [1.165, 1.54) is 33.4 Å². The zero-order chi connectivity index (χ0) is 19.2. The molecule has 1 atom stereocenters. The normalized spacial score (nSPS) is 11.9. The maximum Gasteiger partial charge on any atom is -0.0124 e. The summed E-state index contributed by atoms with van der Waals surface area (Å²) in [5.74, 6) is 0.549. The van der Waals surface area contributed by atoms with Gasteiger partial charge in [-0.25, -0.2) is 0 Å². The molecule has 138 valence electrons. The molecular formula is C28H26. The van der Waals surface area contributed by atoms with Crippen LogP contribution >= 0.6 is 0 Å². The highest BCUT2D eigenvalue weighted by Crippen LogP contribution is 2.28. The van der Waals surface area contributed by atoms with Crippen molar-refractivity contribution in [3.05, 3.63) is 120 Å². The molecule has 0 fully saturated rings. The van der Waals surface area contributed by atoms with E-state index in [1.54, 1.807) is 0 Å². The summed E-state index contributed by atoms with van der Waals surface area (Å²) < 4.78 is 0. The molecule has 4 rings (SSSR count). The van der Waals surface area contributed by atoms with Gasteiger partial charge in [-0.05, 0) is 52.1 Å². The Kier molecular flexibility index (Phi) is 5.68. The van der Waals surface area contributed by atoms with Crippen molar-refractivity contribution in [3.8, 4) is 22.3 Å². The van der Waals surface area contributed by atoms with E-state index in [2.05, 4.69) is 116 Å². The quantitative estimate of drug-likeness (QED) is 0.329. The van der Waals surface area contributed by atoms with E-state index in [9.17, 15) is 0 Å². The average molecular weight is 363 g/mol. The maximum atomic E-state index is 2.30. The molecular weight excluding hydrogens is 336 g/mol. The van der Waals surface area contributed by atoms with Crippen LogP contribution in [0.4, 0.5) is 0 Å². The van der Waals surface area contributed by atoms with Crippen LogP contribution in [0.5, 0.6) is 0 Å². The Labute approximate surface area is 168 Å². The van der Waals surface area contributed by atoms with E-state index in [4.69, 9.17) is 0 Å². The fourth-order valence-corrected chi connectivity index (χ4v) is 3.82. The minimum absolute atomic E-state index is 0.549. The summed E-state index contributed by atoms with van der Waals surface area (Å²) in [6, 6.07) is 39.3. The van der Waals surface area contributed by atoms with Gasteiger partial charge < -0.3 is 0 Å². The molecule has 0 bridgehead atoms. The minimum atomic E-state index is 0.549. The first-order valence-corrected chi connectivity index (χ1v) is 10.1. The van der Waals surface area contributed by atoms with Gasteiger partial charge in [-0.2, -0.15) is 0 Å². The summed E-state index contributed by atoms with van der Waals surface area (Å²) >= 11 is 0. The van der Waals surface area contributed by atoms with Crippen LogP contribution in [-0.2, 0) is 6.42 Å². The molecule has 0 saturated carbocycles. The van der Waals surface area contributed by atoms with Crippen molar-refractivity contribution < 1.29 is 0 Å². The summed E-state index contributed by atoms with van der Waals surface area (Å²) in [6.07, 6.45) is 2.22. The van der Waals surface area contributed by atoms with Crippen LogP contribution in [0.15, 0.2) is 109 Å². The first-order chi connectivity index (χ1) is 13.8. The van der Waals surface area contributed by atoms with Crippen LogP contribution in [0.25, 0.3) is 22.3 Å². The van der Waals surface area contributed by atoms with Crippen molar-refractivity contribution in [2.45, 2.75) is 25.7 Å². The molecule has 0 aromatic heterocycles. The first kappa shape index (κ1) is 18.3. The van der Waals surface area contributed by atoms with E-state index in [0.717, 1.165) is 12.8 Å². The van der Waals surface area contributed by atoms with Crippen molar-refractivity contribution in [3.63, 3.8) is 0 Å². The third-order valence-electron chi connectivity index (χ3n) is 5.53. The molecule has 0 heteroatoms. The molecule has 28 heavy (non-hydrogen) atoms. The highest BCUT2D eigenvalue weighted by molar-refractivity contribution is 5.64. The SMILES string of the molecule is CCC(Cc1ccc(-c2ccccc2)cc1)c1ccc(-c2ccccc2)cc1. The summed E-state index contributed by atoms with van der Waals surface area (Å²) in [5, 5.41) is 0. The Hall–Kier alpha value is -3.12. The van der Waals surface area contributed by atoms with E-state index in [0.29, 0.717) is 5.92 Å². The fourth-order valence-electron chi connectivity index (χ4n) is 3.82. The molecule has 4 aromatic carbocycles. The van der Waals surface area contributed by atoms with Crippen molar-refractivity contribution in [2.75, 3.05) is 0 Å². The third kappa shape index (κ3) is 4.23. The molecule has 0 aliphatic heterocycles. The molecule has 4 aromatic rings. The second kappa shape index (κ2) is 8.71. The molecule has 0 aliphatic rings. The molecule has 0 spiro atoms. The van der Waals surface area contributed by atoms with Crippen molar-refractivity contribution >= 4 is 0 Å². The summed E-state index contributed by atoms with van der Waals surface area (Å²) in [6.45, 7) is 2.29. The predicted octanol–water partition coefficient (Wildman–Crippen LogP) is 7.76. The Balaban J connectivity index is 1.48. The lowest BCUT2D eigenvalue weighted by atomic mass is 9.88. The third-order valence-corrected chi connectivity index (χ3v) is 5.53. The zero-order valence-electron chi connectivity index (χ0n) is 16.4. The van der Waals surface area contributed by atoms with Gasteiger partial charge >= 0.3 is 0 Å². The van der Waals surface area contributed by atoms with E-state index in [1.807, 2.05) is 0 Å². The van der Waals surface area contributed by atoms with E-state index >= 15 is 0 Å². The van der Waals surface area contributed by atoms with Crippen molar-refractivity contribution in [1.29, 1.82) is 0 Å². The number of benzene rings is 4. The average Bonchev–Trinajstić information content (AvgIpc) is 2.79. The Morgan fingerprint density at radius 3 is 1.39 bits per heavy atom. The number of hydrogen-bond donors (Lipinski definition) is 0. The molecule has 1 unspecified atom stereocenters. The van der Waals surface area contributed by atoms with Crippen LogP contribution in [0.1, 0.15) is 30.4 Å². The molecule has 0 nitrogen and oxygen atoms in total. The topological polar surface area (TPSA) is 0 Å². The van der Waals surface area contributed by atoms with Gasteiger partial charge in [0.15, 0.2) is 0 Å². The lowest BCUT2D eigenvalue weighted by molar-refractivity contribution is 0.660. The van der Waals surface area contributed by atoms with E-state index in [-0.39, 0.29) is 0 Å². The second-order valence-electron chi connectivity index (χ2n) is 7.36. The maximum absolute atomic E-state index is 2.30. The molecule has 0 saturated heterocycles. The van der Waals surface area contributed by atoms with E-state index < -0.39 is 0 Å². The van der Waals surface area contributed by atoms with Gasteiger partial charge in [-0.3, -0.25) is 0 Å². The van der Waals surface area contributed by atoms with Crippen LogP contribution in [-0.4, -0.2) is 0 Å². The molecule has 0 amide bonds. The van der Waals surface area contributed by atoms with Crippen molar-refractivity contribution in [1.82, 2.24) is 0 Å². The largest absolute Gasteiger partial charge is 0.0648 e. The van der Waals surface area contributed by atoms with Crippen LogP contribution in [0, 0.1) is 0 Å². The smallest absolute Gasteiger partial charge is 0.0124 e. The molecule has 0 aliphatic carbocycles. The second-order valence-corrected chi connectivity index (χ2v) is 7.36. The Morgan fingerprint density at radius 1 is 0.500 bits per heavy atom. The first-order valence-electron chi connectivity index (χ1n) is 10.1. The Bertz CT molecular complexity index is 981. The zero-order valence-corrected chi connectivity index (χ0v) is 16.4. The Morgan fingerprint density at radius 2 is 0.929 bits per heavy atom. The van der Waals surface area contributed by atoms with Crippen molar-refractivity contribution in [2.24, 2.45) is 0 Å². The highest BCUT2D eigenvalue weighted by Gasteiger charge is 2.11. The monoisotopic (exact) mass is 362 g/mol. The number of hydrogen-bond acceptors (Lipinski definition) is 0. The van der Waals surface area contributed by atoms with Gasteiger partial charge in [0.1, 0.15) is 0 Å². The standard InChI is InChI=1S/C28H26/c1-2-23(26-17-19-28(20-18-26)25-11-7-4-8-12-25)21-22-13-15-27(16-14-22)24-9-5-3-6-10-24/h3-20,23H,2,21H2,1H3. The fraction of sp³-hybridized carbons (Fsp3) is 0.143. The summed E-state index contributed by atoms with van der Waals surface area (Å²) in [4.78, 5) is 0. The minimum Gasteiger partial charge on any atom is -0.0648 e. The summed E-state index contributed by atoms with van der Waals surface area (Å²) in [7, 11) is 0. The lowest BCUT2D eigenvalue weighted by Crippen LogP contribution is -2.02. The predicted molar refractivity (Wildman–Crippen MR) is 120 cm³/mol.